The molecule has 2 rings (SSSR count). The second-order valence-electron chi connectivity index (χ2n) is 5.25. The monoisotopic (exact) mass is 304 g/mol. The number of benzene rings is 1. The molecule has 0 heterocycles. The second-order valence-corrected chi connectivity index (χ2v) is 7.50. The minimum absolute atomic E-state index is 0.435. The van der Waals surface area contributed by atoms with Gasteiger partial charge in [0.25, 0.3) is 0 Å². The van der Waals surface area contributed by atoms with Gasteiger partial charge in [0, 0.05) is 10.8 Å². The number of aliphatic hydroxyl groups is 1. The average Bonchev–Trinajstić information content (AvgIpc) is 2.37. The number of halogens is 2. The minimum Gasteiger partial charge on any atom is -0.387 e. The fourth-order valence-corrected chi connectivity index (χ4v) is 4.25. The maximum Gasteiger partial charge on any atom is 0.212 e. The molecule has 1 N–H and O–H groups in total. The predicted molar refractivity (Wildman–Crippen MR) is 75.5 cm³/mol. The van der Waals surface area contributed by atoms with Crippen LogP contribution in [0, 0.1) is 12.8 Å². The fourth-order valence-electron chi connectivity index (χ4n) is 2.38. The molecule has 0 radical (unpaired) electrons. The highest BCUT2D eigenvalue weighted by Gasteiger charge is 2.50. The summed E-state index contributed by atoms with van der Waals surface area (Å²) in [5.74, 6) is -0.435. The molecule has 0 spiro atoms. The smallest absolute Gasteiger partial charge is 0.212 e. The number of aryl methyl sites for hydroxylation is 1. The molecule has 1 saturated carbocycles. The van der Waals surface area contributed by atoms with E-state index in [1.165, 1.54) is 0 Å². The van der Waals surface area contributed by atoms with Gasteiger partial charge >= 0.3 is 0 Å². The Kier molecular flexibility index (Phi) is 4.33. The lowest BCUT2D eigenvalue weighted by atomic mass is 9.86. The molecule has 0 amide bonds. The first-order valence-corrected chi connectivity index (χ1v) is 7.96. The molecular formula is C14H18ClFO2S. The summed E-state index contributed by atoms with van der Waals surface area (Å²) >= 11 is 5.77. The summed E-state index contributed by atoms with van der Waals surface area (Å²) in [7, 11) is -1.44. The summed E-state index contributed by atoms with van der Waals surface area (Å²) in [6, 6.07) is 7.22. The van der Waals surface area contributed by atoms with E-state index in [4.69, 9.17) is 11.6 Å². The van der Waals surface area contributed by atoms with Crippen LogP contribution in [-0.2, 0) is 10.8 Å². The van der Waals surface area contributed by atoms with Crippen molar-refractivity contribution < 1.29 is 13.7 Å². The fraction of sp³-hybridized carbons (Fsp3) is 0.571. The van der Waals surface area contributed by atoms with Crippen LogP contribution in [0.1, 0.15) is 25.3 Å². The summed E-state index contributed by atoms with van der Waals surface area (Å²) < 4.78 is 26.7. The molecule has 0 bridgehead atoms. The molecule has 1 aromatic rings. The van der Waals surface area contributed by atoms with Crippen molar-refractivity contribution in [1.29, 1.82) is 0 Å². The number of rotatable bonds is 2. The van der Waals surface area contributed by atoms with Crippen molar-refractivity contribution in [1.82, 2.24) is 0 Å². The van der Waals surface area contributed by atoms with Crippen LogP contribution in [0.25, 0.3) is 0 Å². The molecule has 1 fully saturated rings. The summed E-state index contributed by atoms with van der Waals surface area (Å²) in [6.07, 6.45) is -0.361. The highest BCUT2D eigenvalue weighted by Crippen LogP contribution is 2.42. The van der Waals surface area contributed by atoms with Gasteiger partial charge in [0.1, 0.15) is 6.10 Å². The molecule has 1 aliphatic carbocycles. The lowest BCUT2D eigenvalue weighted by Crippen LogP contribution is -2.51. The Morgan fingerprint density at radius 2 is 1.95 bits per heavy atom. The van der Waals surface area contributed by atoms with Crippen LogP contribution in [0.5, 0.6) is 0 Å². The summed E-state index contributed by atoms with van der Waals surface area (Å²) in [5, 5.41) is 7.21. The van der Waals surface area contributed by atoms with E-state index in [1.807, 2.05) is 19.1 Å². The van der Waals surface area contributed by atoms with Crippen molar-refractivity contribution >= 4 is 22.4 Å². The first-order chi connectivity index (χ1) is 8.84. The second kappa shape index (κ2) is 5.51. The van der Waals surface area contributed by atoms with Crippen molar-refractivity contribution in [2.24, 2.45) is 5.92 Å². The van der Waals surface area contributed by atoms with E-state index in [9.17, 15) is 13.7 Å². The van der Waals surface area contributed by atoms with Gasteiger partial charge in [-0.1, -0.05) is 36.2 Å². The zero-order chi connectivity index (χ0) is 14.2. The molecule has 19 heavy (non-hydrogen) atoms. The minimum atomic E-state index is -2.19. The van der Waals surface area contributed by atoms with E-state index in [0.717, 1.165) is 5.56 Å². The van der Waals surface area contributed by atoms with E-state index in [-0.39, 0.29) is 0 Å². The Hall–Kier alpha value is -0.450. The van der Waals surface area contributed by atoms with Gasteiger partial charge in [0.2, 0.25) is 5.13 Å². The highest BCUT2D eigenvalue weighted by molar-refractivity contribution is 7.85. The van der Waals surface area contributed by atoms with E-state index in [2.05, 4.69) is 0 Å². The van der Waals surface area contributed by atoms with Gasteiger partial charge in [-0.25, -0.2) is 4.39 Å². The van der Waals surface area contributed by atoms with Crippen LogP contribution >= 0.6 is 11.6 Å². The number of alkyl halides is 2. The Bertz CT molecular complexity index is 475. The molecular weight excluding hydrogens is 287 g/mol. The number of aliphatic hydroxyl groups excluding tert-OH is 1. The quantitative estimate of drug-likeness (QED) is 0.852. The van der Waals surface area contributed by atoms with E-state index < -0.39 is 33.2 Å². The first-order valence-electron chi connectivity index (χ1n) is 6.37. The summed E-state index contributed by atoms with van der Waals surface area (Å²) in [5.41, 5.74) is 1.07. The van der Waals surface area contributed by atoms with Gasteiger partial charge in [0.05, 0.1) is 16.0 Å². The van der Waals surface area contributed by atoms with Gasteiger partial charge in [0.15, 0.2) is 0 Å². The van der Waals surface area contributed by atoms with E-state index in [0.29, 0.717) is 17.7 Å². The Morgan fingerprint density at radius 3 is 2.53 bits per heavy atom. The van der Waals surface area contributed by atoms with Crippen LogP contribution in [0.4, 0.5) is 4.39 Å². The van der Waals surface area contributed by atoms with Gasteiger partial charge < -0.3 is 5.11 Å². The molecule has 0 saturated heterocycles. The van der Waals surface area contributed by atoms with Crippen LogP contribution in [0.2, 0.25) is 0 Å². The molecule has 0 aromatic heterocycles. The van der Waals surface area contributed by atoms with Gasteiger partial charge in [-0.05, 0) is 31.9 Å². The predicted octanol–water partition coefficient (Wildman–Crippen LogP) is 3.17. The molecule has 2 nitrogen and oxygen atoms in total. The molecule has 5 atom stereocenters. The van der Waals surface area contributed by atoms with Gasteiger partial charge in [-0.2, -0.15) is 0 Å². The number of hydrogen-bond donors (Lipinski definition) is 1. The van der Waals surface area contributed by atoms with Gasteiger partial charge in [-0.15, -0.1) is 0 Å². The number of hydrogen-bond acceptors (Lipinski definition) is 2. The summed E-state index contributed by atoms with van der Waals surface area (Å²) in [4.78, 5) is 0.608. The molecule has 0 unspecified atom stereocenters. The third kappa shape index (κ3) is 2.86. The molecule has 1 aromatic carbocycles. The largest absolute Gasteiger partial charge is 0.387 e. The summed E-state index contributed by atoms with van der Waals surface area (Å²) in [6.45, 7) is 3.61. The first kappa shape index (κ1) is 14.9. The van der Waals surface area contributed by atoms with Crippen molar-refractivity contribution in [3.8, 4) is 0 Å². The van der Waals surface area contributed by atoms with Crippen molar-refractivity contribution in [3.05, 3.63) is 29.8 Å². The molecule has 5 heteroatoms. The third-order valence-electron chi connectivity index (χ3n) is 3.82. The van der Waals surface area contributed by atoms with E-state index >= 15 is 0 Å². The van der Waals surface area contributed by atoms with Gasteiger partial charge in [-0.3, -0.25) is 4.21 Å². The Balaban J connectivity index is 2.22. The zero-order valence-electron chi connectivity index (χ0n) is 11.0. The average molecular weight is 305 g/mol. The normalized spacial score (nSPS) is 37.0. The SMILES string of the molecule is Cc1ccc([S@](=O)[C@H]2CC[C@H](C)[C@@](F)(Cl)[C@@H]2O)cc1. The van der Waals surface area contributed by atoms with E-state index in [1.54, 1.807) is 19.1 Å². The van der Waals surface area contributed by atoms with Crippen molar-refractivity contribution in [3.63, 3.8) is 0 Å². The van der Waals surface area contributed by atoms with Crippen LogP contribution in [0.15, 0.2) is 29.2 Å². The lowest BCUT2D eigenvalue weighted by Gasteiger charge is -2.39. The van der Waals surface area contributed by atoms with Crippen LogP contribution < -0.4 is 0 Å². The molecule has 1 aliphatic rings. The maximum absolute atomic E-state index is 14.2. The Morgan fingerprint density at radius 1 is 1.37 bits per heavy atom. The molecule has 0 aliphatic heterocycles. The van der Waals surface area contributed by atoms with Crippen LogP contribution in [0.3, 0.4) is 0 Å². The topological polar surface area (TPSA) is 37.3 Å². The zero-order valence-corrected chi connectivity index (χ0v) is 12.5. The highest BCUT2D eigenvalue weighted by atomic mass is 35.5. The molecule has 106 valence electrons. The maximum atomic E-state index is 14.2. The van der Waals surface area contributed by atoms with Crippen molar-refractivity contribution in [2.75, 3.05) is 0 Å². The lowest BCUT2D eigenvalue weighted by molar-refractivity contribution is -0.0125. The Labute approximate surface area is 120 Å². The standard InChI is InChI=1S/C14H18ClFO2S/c1-9-3-6-11(7-4-9)19(18)12-8-5-10(2)14(15,16)13(12)17/h3-4,6-7,10,12-13,17H,5,8H2,1-2H3/t10-,12-,13+,14-,19-/m0/s1. The van der Waals surface area contributed by atoms with Crippen molar-refractivity contribution in [2.45, 2.75) is 48.1 Å². The van der Waals surface area contributed by atoms with Crippen LogP contribution in [-0.4, -0.2) is 25.8 Å². The third-order valence-corrected chi connectivity index (χ3v) is 6.19.